The van der Waals surface area contributed by atoms with Gasteiger partial charge in [-0.05, 0) is 30.7 Å². The molecule has 2 aromatic heterocycles. The van der Waals surface area contributed by atoms with Crippen LogP contribution in [0.1, 0.15) is 5.69 Å². The molecule has 0 bridgehead atoms. The van der Waals surface area contributed by atoms with Crippen LogP contribution in [0, 0.1) is 6.92 Å². The van der Waals surface area contributed by atoms with Crippen LogP contribution in [0.4, 0.5) is 5.69 Å². The highest BCUT2D eigenvalue weighted by Gasteiger charge is 2.16. The molecular weight excluding hydrogens is 311 g/mol. The number of anilines is 1. The summed E-state index contributed by atoms with van der Waals surface area (Å²) < 4.78 is 26.5. The highest BCUT2D eigenvalue weighted by atomic mass is 35.5. The smallest absolute Gasteiger partial charge is 0.265 e. The number of aromatic nitrogens is 3. The van der Waals surface area contributed by atoms with Gasteiger partial charge in [0.25, 0.3) is 10.0 Å². The molecule has 2 rings (SSSR count). The van der Waals surface area contributed by atoms with Gasteiger partial charge in [0.2, 0.25) is 5.28 Å². The van der Waals surface area contributed by atoms with E-state index in [2.05, 4.69) is 19.7 Å². The minimum Gasteiger partial charge on any atom is -0.278 e. The zero-order valence-corrected chi connectivity index (χ0v) is 12.0. The molecule has 9 heteroatoms. The van der Waals surface area contributed by atoms with E-state index in [0.29, 0.717) is 11.4 Å². The van der Waals surface area contributed by atoms with Crippen molar-refractivity contribution < 1.29 is 8.42 Å². The van der Waals surface area contributed by atoms with Gasteiger partial charge in [0.05, 0.1) is 23.8 Å². The molecule has 100 valence electrons. The van der Waals surface area contributed by atoms with E-state index in [1.54, 1.807) is 6.92 Å². The first-order valence-electron chi connectivity index (χ1n) is 5.02. The zero-order chi connectivity index (χ0) is 14.0. The Morgan fingerprint density at radius 1 is 1.16 bits per heavy atom. The van der Waals surface area contributed by atoms with Crippen LogP contribution in [-0.4, -0.2) is 23.4 Å². The normalized spacial score (nSPS) is 11.3. The molecule has 19 heavy (non-hydrogen) atoms. The van der Waals surface area contributed by atoms with Crippen LogP contribution >= 0.6 is 23.2 Å². The number of halogens is 2. The summed E-state index contributed by atoms with van der Waals surface area (Å²) >= 11 is 11.2. The van der Waals surface area contributed by atoms with E-state index in [1.807, 2.05) is 0 Å². The first-order valence-corrected chi connectivity index (χ1v) is 7.26. The summed E-state index contributed by atoms with van der Waals surface area (Å²) in [5.74, 6) is 0. The first-order chi connectivity index (χ1) is 8.88. The highest BCUT2D eigenvalue weighted by molar-refractivity contribution is 7.92. The maximum Gasteiger partial charge on any atom is 0.265 e. The predicted octanol–water partition coefficient (Wildman–Crippen LogP) is 2.29. The molecular formula is C10H8Cl2N4O2S. The van der Waals surface area contributed by atoms with E-state index in [-0.39, 0.29) is 15.3 Å². The second-order valence-electron chi connectivity index (χ2n) is 3.56. The van der Waals surface area contributed by atoms with Crippen LogP contribution in [0.3, 0.4) is 0 Å². The highest BCUT2D eigenvalue weighted by Crippen LogP contribution is 2.19. The predicted molar refractivity (Wildman–Crippen MR) is 71.8 cm³/mol. The van der Waals surface area contributed by atoms with Gasteiger partial charge in [-0.1, -0.05) is 11.6 Å². The van der Waals surface area contributed by atoms with E-state index in [1.165, 1.54) is 12.1 Å². The fourth-order valence-corrected chi connectivity index (χ4v) is 2.57. The van der Waals surface area contributed by atoms with Gasteiger partial charge >= 0.3 is 0 Å². The third-order valence-electron chi connectivity index (χ3n) is 2.20. The Kier molecular flexibility index (Phi) is 3.88. The first kappa shape index (κ1) is 14.0. The Balaban J connectivity index is 2.33. The van der Waals surface area contributed by atoms with Crippen LogP contribution in [0.2, 0.25) is 10.4 Å². The SMILES string of the molecule is Cc1nc(Cl)ccc1NS(=O)(=O)c1cnc(Cl)nc1. The average Bonchev–Trinajstić information content (AvgIpc) is 2.33. The van der Waals surface area contributed by atoms with Crippen molar-refractivity contribution in [2.75, 3.05) is 4.72 Å². The lowest BCUT2D eigenvalue weighted by Crippen LogP contribution is -2.14. The van der Waals surface area contributed by atoms with Crippen LogP contribution in [0.25, 0.3) is 0 Å². The molecule has 0 amide bonds. The number of aryl methyl sites for hydroxylation is 1. The standard InChI is InChI=1S/C10H8Cl2N4O2S/c1-6-8(2-3-9(11)15-6)16-19(17,18)7-4-13-10(12)14-5-7/h2-5,16H,1H3. The molecule has 0 saturated heterocycles. The van der Waals surface area contributed by atoms with Crippen LogP contribution in [0.5, 0.6) is 0 Å². The van der Waals surface area contributed by atoms with Crippen molar-refractivity contribution in [3.8, 4) is 0 Å². The van der Waals surface area contributed by atoms with Crippen molar-refractivity contribution >= 4 is 38.9 Å². The van der Waals surface area contributed by atoms with Crippen molar-refractivity contribution in [3.05, 3.63) is 40.7 Å². The van der Waals surface area contributed by atoms with Gasteiger partial charge in [-0.3, -0.25) is 4.72 Å². The zero-order valence-electron chi connectivity index (χ0n) is 9.63. The average molecular weight is 319 g/mol. The van der Waals surface area contributed by atoms with Gasteiger partial charge < -0.3 is 0 Å². The molecule has 0 spiro atoms. The molecule has 0 unspecified atom stereocenters. The van der Waals surface area contributed by atoms with Gasteiger partial charge in [0.15, 0.2) is 0 Å². The molecule has 0 aliphatic rings. The fraction of sp³-hybridized carbons (Fsp3) is 0.100. The maximum atomic E-state index is 12.1. The fourth-order valence-electron chi connectivity index (χ4n) is 1.28. The van der Waals surface area contributed by atoms with Gasteiger partial charge in [-0.2, -0.15) is 0 Å². The number of hydrogen-bond acceptors (Lipinski definition) is 5. The number of rotatable bonds is 3. The lowest BCUT2D eigenvalue weighted by atomic mass is 10.3. The number of hydrogen-bond donors (Lipinski definition) is 1. The number of nitrogens with zero attached hydrogens (tertiary/aromatic N) is 3. The topological polar surface area (TPSA) is 84.8 Å². The van der Waals surface area contributed by atoms with Crippen molar-refractivity contribution in [2.24, 2.45) is 0 Å². The van der Waals surface area contributed by atoms with Crippen LogP contribution in [-0.2, 0) is 10.0 Å². The molecule has 0 radical (unpaired) electrons. The van der Waals surface area contributed by atoms with Crippen molar-refractivity contribution in [2.45, 2.75) is 11.8 Å². The van der Waals surface area contributed by atoms with E-state index in [9.17, 15) is 8.42 Å². The maximum absolute atomic E-state index is 12.1. The molecule has 2 aromatic rings. The van der Waals surface area contributed by atoms with Gasteiger partial charge in [-0.15, -0.1) is 0 Å². The Labute approximate surface area is 119 Å². The Morgan fingerprint density at radius 3 is 2.37 bits per heavy atom. The van der Waals surface area contributed by atoms with E-state index < -0.39 is 10.0 Å². The summed E-state index contributed by atoms with van der Waals surface area (Å²) in [5.41, 5.74) is 0.797. The Bertz CT molecular complexity index is 704. The van der Waals surface area contributed by atoms with Crippen LogP contribution in [0.15, 0.2) is 29.4 Å². The monoisotopic (exact) mass is 318 g/mol. The molecule has 0 aliphatic carbocycles. The van der Waals surface area contributed by atoms with Crippen molar-refractivity contribution in [3.63, 3.8) is 0 Å². The van der Waals surface area contributed by atoms with Crippen molar-refractivity contribution in [1.82, 2.24) is 15.0 Å². The lowest BCUT2D eigenvalue weighted by molar-refractivity contribution is 0.600. The van der Waals surface area contributed by atoms with Crippen LogP contribution < -0.4 is 4.72 Å². The minimum atomic E-state index is -3.78. The lowest BCUT2D eigenvalue weighted by Gasteiger charge is -2.09. The second-order valence-corrected chi connectivity index (χ2v) is 5.97. The third-order valence-corrected chi connectivity index (χ3v) is 3.93. The van der Waals surface area contributed by atoms with E-state index in [0.717, 1.165) is 12.4 Å². The molecule has 0 fully saturated rings. The van der Waals surface area contributed by atoms with E-state index in [4.69, 9.17) is 23.2 Å². The van der Waals surface area contributed by atoms with Gasteiger partial charge in [0.1, 0.15) is 10.0 Å². The van der Waals surface area contributed by atoms with E-state index >= 15 is 0 Å². The number of pyridine rings is 1. The molecule has 6 nitrogen and oxygen atoms in total. The largest absolute Gasteiger partial charge is 0.278 e. The van der Waals surface area contributed by atoms with Gasteiger partial charge in [-0.25, -0.2) is 23.4 Å². The Hall–Kier alpha value is -1.44. The number of sulfonamides is 1. The summed E-state index contributed by atoms with van der Waals surface area (Å²) in [6.45, 7) is 1.64. The summed E-state index contributed by atoms with van der Waals surface area (Å²) in [7, 11) is -3.78. The van der Waals surface area contributed by atoms with Crippen molar-refractivity contribution in [1.29, 1.82) is 0 Å². The minimum absolute atomic E-state index is 0.0247. The quantitative estimate of drug-likeness (QED) is 0.693. The molecule has 0 aromatic carbocycles. The molecule has 1 N–H and O–H groups in total. The second kappa shape index (κ2) is 5.28. The molecule has 2 heterocycles. The third kappa shape index (κ3) is 3.31. The molecule has 0 atom stereocenters. The summed E-state index contributed by atoms with van der Waals surface area (Å²) in [6.07, 6.45) is 2.24. The van der Waals surface area contributed by atoms with Gasteiger partial charge in [0, 0.05) is 0 Å². The Morgan fingerprint density at radius 2 is 1.79 bits per heavy atom. The summed E-state index contributed by atoms with van der Waals surface area (Å²) in [6, 6.07) is 3.02. The molecule has 0 aliphatic heterocycles. The number of nitrogens with one attached hydrogen (secondary N) is 1. The summed E-state index contributed by atoms with van der Waals surface area (Å²) in [5, 5.41) is 0.263. The summed E-state index contributed by atoms with van der Waals surface area (Å²) in [4.78, 5) is 11.1. The molecule has 0 saturated carbocycles.